The molecule has 0 saturated carbocycles. The summed E-state index contributed by atoms with van der Waals surface area (Å²) in [6.07, 6.45) is 2.05. The SMILES string of the molecule is CSc1ccc(-c2csc(NC(=O)c3n[nH]c4ccccc34)n2)cc1. The number of H-pyrrole nitrogens is 1. The summed E-state index contributed by atoms with van der Waals surface area (Å²) in [6, 6.07) is 15.7. The van der Waals surface area contributed by atoms with Crippen LogP contribution in [0.3, 0.4) is 0 Å². The van der Waals surface area contributed by atoms with Crippen LogP contribution in [0.4, 0.5) is 5.13 Å². The molecule has 2 heterocycles. The van der Waals surface area contributed by atoms with Crippen molar-refractivity contribution in [2.45, 2.75) is 4.90 Å². The minimum atomic E-state index is -0.268. The van der Waals surface area contributed by atoms with Crippen LogP contribution in [0.1, 0.15) is 10.5 Å². The number of carbonyl (C=O) groups excluding carboxylic acids is 1. The van der Waals surface area contributed by atoms with Gasteiger partial charge in [0.15, 0.2) is 10.8 Å². The van der Waals surface area contributed by atoms with E-state index in [2.05, 4.69) is 32.6 Å². The highest BCUT2D eigenvalue weighted by Crippen LogP contribution is 2.27. The van der Waals surface area contributed by atoms with Crippen molar-refractivity contribution in [2.24, 2.45) is 0 Å². The Bertz CT molecular complexity index is 1040. The maximum Gasteiger partial charge on any atom is 0.278 e. The number of hydrogen-bond acceptors (Lipinski definition) is 5. The highest BCUT2D eigenvalue weighted by molar-refractivity contribution is 7.98. The molecule has 0 aliphatic heterocycles. The molecule has 0 atom stereocenters. The monoisotopic (exact) mass is 366 g/mol. The van der Waals surface area contributed by atoms with Crippen molar-refractivity contribution in [3.05, 3.63) is 59.6 Å². The predicted octanol–water partition coefficient (Wildman–Crippen LogP) is 4.66. The molecule has 124 valence electrons. The van der Waals surface area contributed by atoms with Crippen molar-refractivity contribution in [3.8, 4) is 11.3 Å². The van der Waals surface area contributed by atoms with Crippen LogP contribution in [0.2, 0.25) is 0 Å². The highest BCUT2D eigenvalue weighted by Gasteiger charge is 2.15. The first kappa shape index (κ1) is 15.9. The van der Waals surface area contributed by atoms with Crippen LogP contribution in [-0.2, 0) is 0 Å². The number of para-hydroxylation sites is 1. The van der Waals surface area contributed by atoms with E-state index in [1.807, 2.05) is 48.0 Å². The molecule has 0 bridgehead atoms. The van der Waals surface area contributed by atoms with Gasteiger partial charge in [0.2, 0.25) is 0 Å². The summed E-state index contributed by atoms with van der Waals surface area (Å²) in [5, 5.41) is 13.1. The van der Waals surface area contributed by atoms with E-state index in [0.717, 1.165) is 22.2 Å². The summed E-state index contributed by atoms with van der Waals surface area (Å²) in [5.41, 5.74) is 3.08. The van der Waals surface area contributed by atoms with Crippen molar-refractivity contribution in [3.63, 3.8) is 0 Å². The van der Waals surface area contributed by atoms with Gasteiger partial charge in [0.25, 0.3) is 5.91 Å². The Balaban J connectivity index is 1.55. The molecule has 2 aromatic carbocycles. The molecule has 0 unspecified atom stereocenters. The van der Waals surface area contributed by atoms with Gasteiger partial charge in [0.1, 0.15) is 0 Å². The number of nitrogens with zero attached hydrogens (tertiary/aromatic N) is 2. The summed E-state index contributed by atoms with van der Waals surface area (Å²) >= 11 is 3.10. The molecular formula is C18H14N4OS2. The summed E-state index contributed by atoms with van der Waals surface area (Å²) < 4.78 is 0. The van der Waals surface area contributed by atoms with Gasteiger partial charge in [0, 0.05) is 21.2 Å². The third kappa shape index (κ3) is 3.16. The number of rotatable bonds is 4. The third-order valence-electron chi connectivity index (χ3n) is 3.80. The molecule has 5 nitrogen and oxygen atoms in total. The lowest BCUT2D eigenvalue weighted by atomic mass is 10.2. The maximum atomic E-state index is 12.5. The zero-order valence-electron chi connectivity index (χ0n) is 13.3. The Morgan fingerprint density at radius 3 is 2.76 bits per heavy atom. The number of thiazole rings is 1. The van der Waals surface area contributed by atoms with Crippen molar-refractivity contribution in [2.75, 3.05) is 11.6 Å². The first-order valence-electron chi connectivity index (χ1n) is 7.59. The largest absolute Gasteiger partial charge is 0.296 e. The second kappa shape index (κ2) is 6.70. The molecule has 0 aliphatic carbocycles. The number of thioether (sulfide) groups is 1. The van der Waals surface area contributed by atoms with E-state index >= 15 is 0 Å². The van der Waals surface area contributed by atoms with Gasteiger partial charge in [-0.2, -0.15) is 5.10 Å². The standard InChI is InChI=1S/C18H14N4OS2/c1-24-12-8-6-11(7-9-12)15-10-25-18(19-15)20-17(23)16-13-4-2-3-5-14(13)21-22-16/h2-10H,1H3,(H,21,22)(H,19,20,23). The second-order valence-electron chi connectivity index (χ2n) is 5.34. The van der Waals surface area contributed by atoms with E-state index in [1.54, 1.807) is 11.8 Å². The number of hydrogen-bond donors (Lipinski definition) is 2. The first-order chi connectivity index (χ1) is 12.2. The van der Waals surface area contributed by atoms with E-state index in [1.165, 1.54) is 16.2 Å². The minimum absolute atomic E-state index is 0.268. The number of anilines is 1. The number of fused-ring (bicyclic) bond motifs is 1. The molecule has 0 aliphatic rings. The van der Waals surface area contributed by atoms with Gasteiger partial charge in [-0.05, 0) is 24.5 Å². The molecule has 0 radical (unpaired) electrons. The predicted molar refractivity (Wildman–Crippen MR) is 103 cm³/mol. The number of nitrogens with one attached hydrogen (secondary N) is 2. The van der Waals surface area contributed by atoms with Crippen LogP contribution in [0.25, 0.3) is 22.2 Å². The van der Waals surface area contributed by atoms with Gasteiger partial charge in [-0.15, -0.1) is 23.1 Å². The van der Waals surface area contributed by atoms with Gasteiger partial charge in [-0.1, -0.05) is 30.3 Å². The van der Waals surface area contributed by atoms with Crippen molar-refractivity contribution in [1.29, 1.82) is 0 Å². The Hall–Kier alpha value is -2.64. The molecule has 4 rings (SSSR count). The number of carbonyl (C=O) groups is 1. The molecular weight excluding hydrogens is 352 g/mol. The molecule has 25 heavy (non-hydrogen) atoms. The van der Waals surface area contributed by atoms with Crippen LogP contribution in [-0.4, -0.2) is 27.3 Å². The lowest BCUT2D eigenvalue weighted by molar-refractivity contribution is 0.102. The van der Waals surface area contributed by atoms with E-state index in [-0.39, 0.29) is 5.91 Å². The minimum Gasteiger partial charge on any atom is -0.296 e. The van der Waals surface area contributed by atoms with Gasteiger partial charge in [-0.25, -0.2) is 4.98 Å². The van der Waals surface area contributed by atoms with Crippen molar-refractivity contribution in [1.82, 2.24) is 15.2 Å². The number of aromatic amines is 1. The van der Waals surface area contributed by atoms with E-state index < -0.39 is 0 Å². The molecule has 2 N–H and O–H groups in total. The van der Waals surface area contributed by atoms with E-state index in [9.17, 15) is 4.79 Å². The van der Waals surface area contributed by atoms with Gasteiger partial charge >= 0.3 is 0 Å². The molecule has 2 aromatic heterocycles. The molecule has 0 saturated heterocycles. The van der Waals surface area contributed by atoms with Crippen molar-refractivity contribution < 1.29 is 4.79 Å². The smallest absolute Gasteiger partial charge is 0.278 e. The summed E-state index contributed by atoms with van der Waals surface area (Å²) in [5.74, 6) is -0.268. The number of benzene rings is 2. The van der Waals surface area contributed by atoms with Crippen LogP contribution < -0.4 is 5.32 Å². The molecule has 7 heteroatoms. The summed E-state index contributed by atoms with van der Waals surface area (Å²) in [4.78, 5) is 18.2. The highest BCUT2D eigenvalue weighted by atomic mass is 32.2. The average molecular weight is 366 g/mol. The molecule has 0 fully saturated rings. The third-order valence-corrected chi connectivity index (χ3v) is 5.30. The topological polar surface area (TPSA) is 70.7 Å². The van der Waals surface area contributed by atoms with Crippen LogP contribution in [0.5, 0.6) is 0 Å². The average Bonchev–Trinajstić information content (AvgIpc) is 3.28. The summed E-state index contributed by atoms with van der Waals surface area (Å²) in [6.45, 7) is 0. The zero-order valence-corrected chi connectivity index (χ0v) is 14.9. The number of amides is 1. The fourth-order valence-corrected chi connectivity index (χ4v) is 3.64. The van der Waals surface area contributed by atoms with Gasteiger partial charge in [-0.3, -0.25) is 15.2 Å². The quantitative estimate of drug-likeness (QED) is 0.515. The maximum absolute atomic E-state index is 12.5. The Kier molecular flexibility index (Phi) is 4.25. The fraction of sp³-hybridized carbons (Fsp3) is 0.0556. The van der Waals surface area contributed by atoms with E-state index in [0.29, 0.717) is 10.8 Å². The molecule has 0 spiro atoms. The first-order valence-corrected chi connectivity index (χ1v) is 9.69. The van der Waals surface area contributed by atoms with Gasteiger partial charge in [0.05, 0.1) is 11.2 Å². The lowest BCUT2D eigenvalue weighted by Crippen LogP contribution is -2.12. The summed E-state index contributed by atoms with van der Waals surface area (Å²) in [7, 11) is 0. The van der Waals surface area contributed by atoms with Crippen LogP contribution >= 0.6 is 23.1 Å². The lowest BCUT2D eigenvalue weighted by Gasteiger charge is -2.00. The van der Waals surface area contributed by atoms with Crippen molar-refractivity contribution >= 4 is 45.0 Å². The Labute approximate surface area is 152 Å². The zero-order chi connectivity index (χ0) is 17.2. The normalized spacial score (nSPS) is 10.9. The van der Waals surface area contributed by atoms with Gasteiger partial charge < -0.3 is 0 Å². The molecule has 1 amide bonds. The molecule has 4 aromatic rings. The second-order valence-corrected chi connectivity index (χ2v) is 7.08. The van der Waals surface area contributed by atoms with Crippen LogP contribution in [0, 0.1) is 0 Å². The van der Waals surface area contributed by atoms with Crippen LogP contribution in [0.15, 0.2) is 58.8 Å². The van der Waals surface area contributed by atoms with E-state index in [4.69, 9.17) is 0 Å². The Morgan fingerprint density at radius 1 is 1.16 bits per heavy atom. The Morgan fingerprint density at radius 2 is 1.96 bits per heavy atom. The fourth-order valence-electron chi connectivity index (χ4n) is 2.52. The number of aromatic nitrogens is 3.